The zero-order valence-electron chi connectivity index (χ0n) is 25.0. The number of ether oxygens (including phenoxy) is 4. The molecule has 0 saturated carbocycles. The third-order valence-electron chi connectivity index (χ3n) is 7.01. The number of aromatic nitrogens is 2. The number of carbonyl (C=O) groups excluding carboxylic acids is 2. The van der Waals surface area contributed by atoms with Gasteiger partial charge in [-0.15, -0.1) is 0 Å². The Bertz CT molecular complexity index is 1550. The second-order valence-corrected chi connectivity index (χ2v) is 11.0. The lowest BCUT2D eigenvalue weighted by Gasteiger charge is -2.28. The van der Waals surface area contributed by atoms with E-state index in [0.29, 0.717) is 36.6 Å². The first-order valence-corrected chi connectivity index (χ1v) is 13.7. The molecule has 12 heteroatoms. The summed E-state index contributed by atoms with van der Waals surface area (Å²) in [4.78, 5) is 46.5. The van der Waals surface area contributed by atoms with Gasteiger partial charge in [-0.1, -0.05) is 0 Å². The Morgan fingerprint density at radius 2 is 1.90 bits per heavy atom. The van der Waals surface area contributed by atoms with Crippen LogP contribution in [0, 0.1) is 5.82 Å². The van der Waals surface area contributed by atoms with Crippen molar-refractivity contribution in [3.63, 3.8) is 0 Å². The van der Waals surface area contributed by atoms with Gasteiger partial charge in [0.25, 0.3) is 0 Å². The summed E-state index contributed by atoms with van der Waals surface area (Å²) in [6.45, 7) is 8.00. The van der Waals surface area contributed by atoms with Crippen molar-refractivity contribution in [2.75, 3.05) is 45.9 Å². The number of fused-ring (bicyclic) bond motifs is 1. The molecule has 1 aliphatic heterocycles. The summed E-state index contributed by atoms with van der Waals surface area (Å²) in [5.41, 5.74) is -0.652. The number of rotatable bonds is 8. The summed E-state index contributed by atoms with van der Waals surface area (Å²) in [7, 11) is 4.72. The number of amides is 1. The van der Waals surface area contributed by atoms with Gasteiger partial charge in [0.05, 0.1) is 38.8 Å². The van der Waals surface area contributed by atoms with Gasteiger partial charge in [-0.3, -0.25) is 4.79 Å². The minimum atomic E-state index is -0.808. The Kier molecular flexibility index (Phi) is 8.93. The first-order valence-electron chi connectivity index (χ1n) is 13.7. The normalized spacial score (nSPS) is 15.0. The van der Waals surface area contributed by atoms with Crippen LogP contribution in [0.5, 0.6) is 11.5 Å². The van der Waals surface area contributed by atoms with Gasteiger partial charge in [-0.25, -0.2) is 19.0 Å². The second-order valence-electron chi connectivity index (χ2n) is 11.0. The molecule has 11 nitrogen and oxygen atoms in total. The number of nitrogens with zero attached hydrogens (tertiary/aromatic N) is 4. The molecule has 0 aliphatic carbocycles. The summed E-state index contributed by atoms with van der Waals surface area (Å²) in [5, 5.41) is -0.0594. The predicted molar refractivity (Wildman–Crippen MR) is 155 cm³/mol. The molecule has 3 heterocycles. The molecule has 4 rings (SSSR count). The lowest BCUT2D eigenvalue weighted by atomic mass is 10.1. The molecule has 2 aromatic heterocycles. The minimum Gasteiger partial charge on any atom is -0.497 e. The van der Waals surface area contributed by atoms with Crippen LogP contribution < -0.4 is 19.8 Å². The average Bonchev–Trinajstić information content (AvgIpc) is 3.43. The summed E-state index contributed by atoms with van der Waals surface area (Å²) in [5.74, 6) is -0.364. The third kappa shape index (κ3) is 6.42. The van der Waals surface area contributed by atoms with Crippen molar-refractivity contribution >= 4 is 28.9 Å². The summed E-state index contributed by atoms with van der Waals surface area (Å²) < 4.78 is 38.6. The van der Waals surface area contributed by atoms with Crippen molar-refractivity contribution in [3.05, 3.63) is 57.6 Å². The van der Waals surface area contributed by atoms with Crippen molar-refractivity contribution in [1.29, 1.82) is 0 Å². The van der Waals surface area contributed by atoms with Gasteiger partial charge in [0, 0.05) is 38.0 Å². The predicted octanol–water partition coefficient (Wildman–Crippen LogP) is 4.22. The molecular formula is C30H37FN4O7. The maximum Gasteiger partial charge on any atom is 0.410 e. The molecule has 226 valence electrons. The fraction of sp³-hybridized carbons (Fsp3) is 0.467. The zero-order chi connectivity index (χ0) is 30.8. The molecule has 0 spiro atoms. The molecular weight excluding hydrogens is 547 g/mol. The summed E-state index contributed by atoms with van der Waals surface area (Å²) >= 11 is 0. The van der Waals surface area contributed by atoms with Crippen LogP contribution in [0.25, 0.3) is 11.0 Å². The Morgan fingerprint density at radius 3 is 2.55 bits per heavy atom. The molecule has 3 aromatic rings. The van der Waals surface area contributed by atoms with E-state index in [9.17, 15) is 14.4 Å². The molecule has 0 radical (unpaired) electrons. The van der Waals surface area contributed by atoms with E-state index in [2.05, 4.69) is 4.98 Å². The fourth-order valence-electron chi connectivity index (χ4n) is 4.87. The van der Waals surface area contributed by atoms with Gasteiger partial charge < -0.3 is 33.3 Å². The highest BCUT2D eigenvalue weighted by Gasteiger charge is 2.33. The van der Waals surface area contributed by atoms with Gasteiger partial charge in [-0.2, -0.15) is 0 Å². The number of hydrogen-bond acceptors (Lipinski definition) is 9. The maximum absolute atomic E-state index is 15.6. The monoisotopic (exact) mass is 584 g/mol. The van der Waals surface area contributed by atoms with Crippen LogP contribution in [-0.2, 0) is 16.0 Å². The van der Waals surface area contributed by atoms with Gasteiger partial charge in [0.1, 0.15) is 28.3 Å². The highest BCUT2D eigenvalue weighted by atomic mass is 19.1. The number of methoxy groups -OCH3 is 2. The third-order valence-corrected chi connectivity index (χ3v) is 7.01. The van der Waals surface area contributed by atoms with E-state index in [4.69, 9.17) is 18.9 Å². The van der Waals surface area contributed by atoms with Crippen LogP contribution in [0.2, 0.25) is 0 Å². The summed E-state index contributed by atoms with van der Waals surface area (Å²) in [6.07, 6.45) is 1.49. The highest BCUT2D eigenvalue weighted by molar-refractivity contribution is 5.93. The van der Waals surface area contributed by atoms with E-state index in [1.54, 1.807) is 69.5 Å². The van der Waals surface area contributed by atoms with Crippen LogP contribution in [0.1, 0.15) is 50.0 Å². The van der Waals surface area contributed by atoms with Crippen LogP contribution in [0.3, 0.4) is 0 Å². The Balaban J connectivity index is 1.77. The maximum atomic E-state index is 15.6. The van der Waals surface area contributed by atoms with E-state index in [1.165, 1.54) is 18.2 Å². The Morgan fingerprint density at radius 1 is 1.17 bits per heavy atom. The topological polar surface area (TPSA) is 112 Å². The fourth-order valence-corrected chi connectivity index (χ4v) is 4.87. The number of benzene rings is 1. The second kappa shape index (κ2) is 12.3. The quantitative estimate of drug-likeness (QED) is 0.359. The van der Waals surface area contributed by atoms with E-state index in [-0.39, 0.29) is 41.6 Å². The molecule has 42 heavy (non-hydrogen) atoms. The molecule has 1 atom stereocenters. The molecule has 0 N–H and O–H groups in total. The number of carbonyl (C=O) groups is 2. The molecule has 1 unspecified atom stereocenters. The number of anilines is 1. The molecule has 1 saturated heterocycles. The zero-order valence-corrected chi connectivity index (χ0v) is 25.0. The van der Waals surface area contributed by atoms with Crippen LogP contribution >= 0.6 is 0 Å². The molecule has 0 bridgehead atoms. The highest BCUT2D eigenvalue weighted by Crippen LogP contribution is 2.29. The molecule has 1 amide bonds. The first kappa shape index (κ1) is 30.6. The van der Waals surface area contributed by atoms with E-state index >= 15 is 4.39 Å². The molecule has 1 aromatic carbocycles. The number of pyridine rings is 2. The average molecular weight is 585 g/mol. The van der Waals surface area contributed by atoms with Crippen LogP contribution in [0.4, 0.5) is 15.0 Å². The number of halogens is 1. The van der Waals surface area contributed by atoms with Crippen molar-refractivity contribution in [2.24, 2.45) is 0 Å². The first-order chi connectivity index (χ1) is 19.9. The Labute approximate surface area is 243 Å². The number of hydrogen-bond donors (Lipinski definition) is 0. The van der Waals surface area contributed by atoms with Crippen molar-refractivity contribution < 1.29 is 32.9 Å². The van der Waals surface area contributed by atoms with Gasteiger partial charge in [0.15, 0.2) is 11.6 Å². The van der Waals surface area contributed by atoms with E-state index < -0.39 is 28.9 Å². The number of likely N-dealkylation sites (N-methyl/N-ethyl adjacent to an activating group) is 1. The summed E-state index contributed by atoms with van der Waals surface area (Å²) in [6, 6.07) is 6.16. The van der Waals surface area contributed by atoms with Crippen molar-refractivity contribution in [3.8, 4) is 11.5 Å². The van der Waals surface area contributed by atoms with Crippen molar-refractivity contribution in [2.45, 2.75) is 52.3 Å². The largest absolute Gasteiger partial charge is 0.497 e. The smallest absolute Gasteiger partial charge is 0.410 e. The lowest BCUT2D eigenvalue weighted by Crippen LogP contribution is -2.42. The standard InChI is InChI=1S/C30H37FN4O7/c1-8-41-28(37)22-17-35(15-18-9-10-20(39-6)13-24(18)40-7)26-21(25(22)36)14-23(31)27(32-26)34-12-11-19(16-34)33(5)29(38)42-30(2,3)4/h9-10,13-14,17,19H,8,11-12,15-16H2,1-7H3. The van der Waals surface area contributed by atoms with Crippen molar-refractivity contribution in [1.82, 2.24) is 14.5 Å². The molecule has 1 fully saturated rings. The van der Waals surface area contributed by atoms with E-state index in [0.717, 1.165) is 6.07 Å². The molecule has 1 aliphatic rings. The van der Waals surface area contributed by atoms with E-state index in [1.807, 2.05) is 0 Å². The number of esters is 1. The van der Waals surface area contributed by atoms with Gasteiger partial charge in [-0.05, 0) is 52.3 Å². The minimum absolute atomic E-state index is 0.0429. The Hall–Kier alpha value is -4.35. The van der Waals surface area contributed by atoms with Crippen LogP contribution in [-0.4, -0.2) is 79.1 Å². The van der Waals surface area contributed by atoms with Gasteiger partial charge >= 0.3 is 12.1 Å². The van der Waals surface area contributed by atoms with Gasteiger partial charge in [0.2, 0.25) is 5.43 Å². The lowest BCUT2D eigenvalue weighted by molar-refractivity contribution is 0.0237. The SMILES string of the molecule is CCOC(=O)c1cn(Cc2ccc(OC)cc2OC)c2nc(N3CCC(N(C)C(=O)OC(C)(C)C)C3)c(F)cc2c1=O. The van der Waals surface area contributed by atoms with Crippen LogP contribution in [0.15, 0.2) is 35.3 Å².